The molecule has 0 spiro atoms. The number of hydrogen-bond donors (Lipinski definition) is 1. The van der Waals surface area contributed by atoms with E-state index in [9.17, 15) is 4.79 Å². The molecule has 0 unspecified atom stereocenters. The van der Waals surface area contributed by atoms with Gasteiger partial charge in [-0.15, -0.1) is 0 Å². The number of nitrogens with zero attached hydrogens (tertiary/aromatic N) is 1. The average molecular weight is 349 g/mol. The third-order valence-electron chi connectivity index (χ3n) is 4.55. The minimum absolute atomic E-state index is 0.0956. The topological polar surface area (TPSA) is 34.0 Å². The van der Waals surface area contributed by atoms with Crippen LogP contribution < -0.4 is 5.32 Å². The molecular weight excluding hydrogens is 332 g/mol. The van der Waals surface area contributed by atoms with Gasteiger partial charge in [0.25, 0.3) is 5.91 Å². The number of halogens is 1. The first-order valence-corrected chi connectivity index (χ1v) is 8.50. The van der Waals surface area contributed by atoms with E-state index < -0.39 is 0 Å². The van der Waals surface area contributed by atoms with Crippen LogP contribution in [0.3, 0.4) is 0 Å². The molecule has 0 saturated carbocycles. The number of rotatable bonds is 2. The normalized spacial score (nSPS) is 14.7. The van der Waals surface area contributed by atoms with Crippen molar-refractivity contribution in [2.24, 2.45) is 0 Å². The monoisotopic (exact) mass is 348 g/mol. The minimum atomic E-state index is -0.0956. The van der Waals surface area contributed by atoms with E-state index in [1.807, 2.05) is 36.4 Å². The predicted molar refractivity (Wildman–Crippen MR) is 103 cm³/mol. The number of nitrogens with one attached hydrogen (secondary N) is 1. The van der Waals surface area contributed by atoms with Gasteiger partial charge in [-0.1, -0.05) is 35.9 Å². The molecule has 3 aromatic rings. The lowest BCUT2D eigenvalue weighted by molar-refractivity contribution is -0.110. The molecule has 1 aromatic heterocycles. The molecule has 4 rings (SSSR count). The number of para-hydroxylation sites is 1. The number of benzene rings is 2. The summed E-state index contributed by atoms with van der Waals surface area (Å²) in [5, 5.41) is 3.50. The van der Waals surface area contributed by atoms with Crippen molar-refractivity contribution in [2.45, 2.75) is 13.8 Å². The van der Waals surface area contributed by atoms with Gasteiger partial charge < -0.3 is 9.88 Å². The molecule has 1 N–H and O–H groups in total. The molecule has 4 heteroatoms. The highest BCUT2D eigenvalue weighted by Gasteiger charge is 2.24. The van der Waals surface area contributed by atoms with Gasteiger partial charge in [0.15, 0.2) is 0 Å². The van der Waals surface area contributed by atoms with Crippen LogP contribution in [0.25, 0.3) is 17.3 Å². The maximum Gasteiger partial charge on any atom is 0.256 e. The summed E-state index contributed by atoms with van der Waals surface area (Å²) in [6.45, 7) is 4.15. The highest BCUT2D eigenvalue weighted by molar-refractivity contribution is 6.36. The zero-order chi connectivity index (χ0) is 17.6. The lowest BCUT2D eigenvalue weighted by Crippen LogP contribution is -2.03. The minimum Gasteiger partial charge on any atom is -0.321 e. The van der Waals surface area contributed by atoms with Gasteiger partial charge in [0.1, 0.15) is 0 Å². The number of aromatic nitrogens is 1. The number of hydrogen-bond acceptors (Lipinski definition) is 1. The molecule has 2 aromatic carbocycles. The maximum atomic E-state index is 12.4. The van der Waals surface area contributed by atoms with Crippen LogP contribution in [-0.4, -0.2) is 10.5 Å². The fraction of sp³-hybridized carbons (Fsp3) is 0.0952. The first kappa shape index (κ1) is 15.7. The molecule has 1 aliphatic heterocycles. The summed E-state index contributed by atoms with van der Waals surface area (Å²) in [5.41, 5.74) is 6.70. The Balaban J connectivity index is 1.83. The number of carbonyl (C=O) groups is 1. The molecule has 2 heterocycles. The van der Waals surface area contributed by atoms with Gasteiger partial charge in [-0.05, 0) is 55.8 Å². The maximum absolute atomic E-state index is 12.4. The van der Waals surface area contributed by atoms with Crippen molar-refractivity contribution in [1.82, 2.24) is 4.57 Å². The highest BCUT2D eigenvalue weighted by Crippen LogP contribution is 2.35. The average Bonchev–Trinajstić information content (AvgIpc) is 3.04. The van der Waals surface area contributed by atoms with E-state index in [-0.39, 0.29) is 5.91 Å². The summed E-state index contributed by atoms with van der Waals surface area (Å²) in [6, 6.07) is 17.8. The molecule has 3 nitrogen and oxygen atoms in total. The van der Waals surface area contributed by atoms with Crippen LogP contribution >= 0.6 is 11.6 Å². The van der Waals surface area contributed by atoms with Crippen LogP contribution in [0.5, 0.6) is 0 Å². The lowest BCUT2D eigenvalue weighted by atomic mass is 10.0. The van der Waals surface area contributed by atoms with Crippen molar-refractivity contribution in [1.29, 1.82) is 0 Å². The first-order valence-electron chi connectivity index (χ1n) is 8.12. The van der Waals surface area contributed by atoms with Gasteiger partial charge in [0.2, 0.25) is 0 Å². The fourth-order valence-corrected chi connectivity index (χ4v) is 3.55. The number of fused-ring (bicyclic) bond motifs is 1. The quantitative estimate of drug-likeness (QED) is 0.631. The third kappa shape index (κ3) is 2.67. The standard InChI is InChI=1S/C21H17ClN2O/c1-13-10-15(14(2)24(13)17-6-4-3-5-7-17)11-19-18-9-8-16(22)12-20(18)23-21(19)25/h3-12H,1-2H3,(H,23,25)/b19-11-. The Hall–Kier alpha value is -2.78. The molecule has 0 aliphatic carbocycles. The van der Waals surface area contributed by atoms with Crippen LogP contribution in [0, 0.1) is 13.8 Å². The Kier molecular flexibility index (Phi) is 3.74. The summed E-state index contributed by atoms with van der Waals surface area (Å²) in [4.78, 5) is 12.4. The van der Waals surface area contributed by atoms with E-state index in [0.29, 0.717) is 10.6 Å². The van der Waals surface area contributed by atoms with E-state index in [1.165, 1.54) is 0 Å². The Labute approximate surface area is 151 Å². The Morgan fingerprint density at radius 1 is 1.04 bits per heavy atom. The number of amides is 1. The van der Waals surface area contributed by atoms with Crippen LogP contribution in [0.15, 0.2) is 54.6 Å². The molecule has 0 radical (unpaired) electrons. The number of aryl methyl sites for hydroxylation is 1. The van der Waals surface area contributed by atoms with Crippen LogP contribution in [0.1, 0.15) is 22.5 Å². The molecule has 0 saturated heterocycles. The fourth-order valence-electron chi connectivity index (χ4n) is 3.37. The molecular formula is C21H17ClN2O. The Morgan fingerprint density at radius 2 is 1.80 bits per heavy atom. The molecule has 1 aliphatic rings. The Bertz CT molecular complexity index is 1020. The number of anilines is 1. The second kappa shape index (κ2) is 5.94. The summed E-state index contributed by atoms with van der Waals surface area (Å²) < 4.78 is 2.20. The zero-order valence-electron chi connectivity index (χ0n) is 14.0. The van der Waals surface area contributed by atoms with E-state index >= 15 is 0 Å². The summed E-state index contributed by atoms with van der Waals surface area (Å²) in [6.07, 6.45) is 1.96. The molecule has 0 atom stereocenters. The molecule has 0 bridgehead atoms. The number of carbonyl (C=O) groups excluding carboxylic acids is 1. The van der Waals surface area contributed by atoms with Crippen LogP contribution in [-0.2, 0) is 4.79 Å². The van der Waals surface area contributed by atoms with E-state index in [0.717, 1.165) is 33.9 Å². The van der Waals surface area contributed by atoms with Gasteiger partial charge in [-0.25, -0.2) is 0 Å². The van der Waals surface area contributed by atoms with Crippen molar-refractivity contribution in [3.63, 3.8) is 0 Å². The van der Waals surface area contributed by atoms with Crippen molar-refractivity contribution < 1.29 is 4.79 Å². The van der Waals surface area contributed by atoms with Crippen LogP contribution in [0.4, 0.5) is 5.69 Å². The summed E-state index contributed by atoms with van der Waals surface area (Å²) in [5.74, 6) is -0.0956. The SMILES string of the molecule is Cc1cc(/C=C2\C(=O)Nc3cc(Cl)ccc32)c(C)n1-c1ccccc1. The van der Waals surface area contributed by atoms with Crippen LogP contribution in [0.2, 0.25) is 5.02 Å². The van der Waals surface area contributed by atoms with Gasteiger partial charge in [0, 0.05) is 33.2 Å². The third-order valence-corrected chi connectivity index (χ3v) is 4.78. The van der Waals surface area contributed by atoms with Gasteiger partial charge in [0.05, 0.1) is 5.69 Å². The van der Waals surface area contributed by atoms with Crippen molar-refractivity contribution in [3.8, 4) is 5.69 Å². The highest BCUT2D eigenvalue weighted by atomic mass is 35.5. The summed E-state index contributed by atoms with van der Waals surface area (Å²) in [7, 11) is 0. The van der Waals surface area contributed by atoms with E-state index in [1.54, 1.807) is 6.07 Å². The molecule has 25 heavy (non-hydrogen) atoms. The van der Waals surface area contributed by atoms with Gasteiger partial charge >= 0.3 is 0 Å². The van der Waals surface area contributed by atoms with Gasteiger partial charge in [-0.3, -0.25) is 4.79 Å². The Morgan fingerprint density at radius 3 is 2.56 bits per heavy atom. The van der Waals surface area contributed by atoms with E-state index in [4.69, 9.17) is 11.6 Å². The summed E-state index contributed by atoms with van der Waals surface area (Å²) >= 11 is 6.02. The zero-order valence-corrected chi connectivity index (χ0v) is 14.8. The lowest BCUT2D eigenvalue weighted by Gasteiger charge is -2.09. The van der Waals surface area contributed by atoms with Crippen molar-refractivity contribution in [3.05, 3.63) is 82.1 Å². The molecule has 1 amide bonds. The second-order valence-electron chi connectivity index (χ2n) is 6.20. The predicted octanol–water partition coefficient (Wildman–Crippen LogP) is 5.24. The smallest absolute Gasteiger partial charge is 0.256 e. The van der Waals surface area contributed by atoms with E-state index in [2.05, 4.69) is 41.9 Å². The van der Waals surface area contributed by atoms with Crippen molar-refractivity contribution in [2.75, 3.05) is 5.32 Å². The van der Waals surface area contributed by atoms with Crippen molar-refractivity contribution >= 4 is 34.8 Å². The largest absolute Gasteiger partial charge is 0.321 e. The second-order valence-corrected chi connectivity index (χ2v) is 6.64. The first-order chi connectivity index (χ1) is 12.0. The van der Waals surface area contributed by atoms with Gasteiger partial charge in [-0.2, -0.15) is 0 Å². The molecule has 124 valence electrons. The molecule has 0 fully saturated rings.